The van der Waals surface area contributed by atoms with Gasteiger partial charge in [0.1, 0.15) is 0 Å². The maximum atomic E-state index is 12.8. The minimum Gasteiger partial charge on any atom is -0.352 e. The first kappa shape index (κ1) is 19.4. The predicted octanol–water partition coefficient (Wildman–Crippen LogP) is 2.02. The zero-order chi connectivity index (χ0) is 20.5. The number of likely N-dealkylation sites (tertiary alicyclic amines) is 1. The van der Waals surface area contributed by atoms with Crippen molar-refractivity contribution in [3.8, 4) is 11.3 Å². The Labute approximate surface area is 169 Å². The van der Waals surface area contributed by atoms with E-state index in [0.717, 1.165) is 30.6 Å². The molecule has 0 aliphatic carbocycles. The molecule has 2 atom stereocenters. The van der Waals surface area contributed by atoms with Crippen LogP contribution in [0.25, 0.3) is 11.3 Å². The van der Waals surface area contributed by atoms with Crippen molar-refractivity contribution in [3.05, 3.63) is 52.1 Å². The summed E-state index contributed by atoms with van der Waals surface area (Å²) in [6.07, 6.45) is 3.42. The smallest absolute Gasteiger partial charge is 0.252 e. The van der Waals surface area contributed by atoms with E-state index in [1.54, 1.807) is 31.3 Å². The van der Waals surface area contributed by atoms with Crippen molar-refractivity contribution < 1.29 is 9.59 Å². The molecule has 7 heteroatoms. The monoisotopic (exact) mass is 394 g/mol. The Balaban J connectivity index is 1.63. The summed E-state index contributed by atoms with van der Waals surface area (Å²) in [7, 11) is 0. The molecule has 0 unspecified atom stereocenters. The third-order valence-electron chi connectivity index (χ3n) is 5.86. The van der Waals surface area contributed by atoms with Gasteiger partial charge in [0.25, 0.3) is 11.5 Å². The summed E-state index contributed by atoms with van der Waals surface area (Å²) in [6.45, 7) is 6.26. The lowest BCUT2D eigenvalue weighted by atomic mass is 9.82. The van der Waals surface area contributed by atoms with Crippen LogP contribution in [0.4, 0.5) is 0 Å². The molecule has 2 amide bonds. The van der Waals surface area contributed by atoms with Crippen molar-refractivity contribution in [2.24, 2.45) is 5.92 Å². The van der Waals surface area contributed by atoms with Crippen LogP contribution < -0.4 is 10.9 Å². The highest BCUT2D eigenvalue weighted by molar-refractivity contribution is 5.94. The number of rotatable bonds is 4. The average molecular weight is 394 g/mol. The van der Waals surface area contributed by atoms with Gasteiger partial charge in [0.2, 0.25) is 5.91 Å². The summed E-state index contributed by atoms with van der Waals surface area (Å²) in [5.74, 6) is 0.435. The Morgan fingerprint density at radius 2 is 2.03 bits per heavy atom. The minimum absolute atomic E-state index is 0.0324. The lowest BCUT2D eigenvalue weighted by molar-refractivity contribution is -0.131. The Morgan fingerprint density at radius 1 is 1.21 bits per heavy atom. The third kappa shape index (κ3) is 3.81. The van der Waals surface area contributed by atoms with Gasteiger partial charge >= 0.3 is 0 Å². The summed E-state index contributed by atoms with van der Waals surface area (Å²) >= 11 is 0. The zero-order valence-corrected chi connectivity index (χ0v) is 16.9. The van der Waals surface area contributed by atoms with Crippen LogP contribution >= 0.6 is 0 Å². The van der Waals surface area contributed by atoms with Crippen LogP contribution in [0.3, 0.4) is 0 Å². The van der Waals surface area contributed by atoms with Crippen LogP contribution in [0.15, 0.2) is 35.3 Å². The number of hydrogen-bond acceptors (Lipinski definition) is 4. The van der Waals surface area contributed by atoms with Crippen LogP contribution in [0.5, 0.6) is 0 Å². The molecule has 1 saturated heterocycles. The van der Waals surface area contributed by atoms with E-state index < -0.39 is 0 Å². The molecule has 2 aromatic heterocycles. The number of aromatic nitrogens is 2. The Hall–Kier alpha value is -2.96. The highest BCUT2D eigenvalue weighted by Crippen LogP contribution is 2.36. The minimum atomic E-state index is -0.144. The number of nitrogens with one attached hydrogen (secondary N) is 1. The van der Waals surface area contributed by atoms with E-state index in [1.165, 1.54) is 0 Å². The van der Waals surface area contributed by atoms with Gasteiger partial charge in [-0.15, -0.1) is 0 Å². The summed E-state index contributed by atoms with van der Waals surface area (Å²) in [5.41, 5.74) is 2.86. The molecule has 2 aromatic rings. The number of piperidine rings is 1. The van der Waals surface area contributed by atoms with Crippen LogP contribution in [0.2, 0.25) is 0 Å². The van der Waals surface area contributed by atoms with E-state index in [0.29, 0.717) is 36.8 Å². The molecule has 1 fully saturated rings. The Kier molecular flexibility index (Phi) is 5.22. The van der Waals surface area contributed by atoms with Crippen LogP contribution in [-0.4, -0.2) is 45.9 Å². The van der Waals surface area contributed by atoms with E-state index in [9.17, 15) is 14.4 Å². The Bertz CT molecular complexity index is 996. The number of hydrogen-bond donors (Lipinski definition) is 1. The first-order chi connectivity index (χ1) is 14.0. The van der Waals surface area contributed by atoms with Gasteiger partial charge in [0.15, 0.2) is 0 Å². The van der Waals surface area contributed by atoms with Gasteiger partial charge in [-0.1, -0.05) is 6.92 Å². The van der Waals surface area contributed by atoms with Gasteiger partial charge in [0.05, 0.1) is 11.3 Å². The molecule has 0 saturated carbocycles. The largest absolute Gasteiger partial charge is 0.352 e. The van der Waals surface area contributed by atoms with Crippen molar-refractivity contribution in [3.63, 3.8) is 0 Å². The average Bonchev–Trinajstić information content (AvgIpc) is 2.72. The lowest BCUT2D eigenvalue weighted by Gasteiger charge is -2.42. The number of pyridine rings is 2. The van der Waals surface area contributed by atoms with Gasteiger partial charge in [-0.25, -0.2) is 0 Å². The first-order valence-corrected chi connectivity index (χ1v) is 10.2. The van der Waals surface area contributed by atoms with Crippen LogP contribution in [0, 0.1) is 5.92 Å². The topological polar surface area (TPSA) is 84.3 Å². The summed E-state index contributed by atoms with van der Waals surface area (Å²) in [6, 6.07) is 7.15. The third-order valence-corrected chi connectivity index (χ3v) is 5.86. The molecule has 0 aromatic carbocycles. The second-order valence-electron chi connectivity index (χ2n) is 8.03. The number of amides is 2. The van der Waals surface area contributed by atoms with Crippen molar-refractivity contribution in [2.75, 3.05) is 19.6 Å². The van der Waals surface area contributed by atoms with E-state index in [-0.39, 0.29) is 23.3 Å². The quantitative estimate of drug-likeness (QED) is 0.860. The van der Waals surface area contributed by atoms with Crippen molar-refractivity contribution in [2.45, 2.75) is 39.2 Å². The first-order valence-electron chi connectivity index (χ1n) is 10.2. The van der Waals surface area contributed by atoms with Crippen LogP contribution in [0.1, 0.15) is 48.7 Å². The molecule has 1 N–H and O–H groups in total. The van der Waals surface area contributed by atoms with Gasteiger partial charge < -0.3 is 14.8 Å². The molecule has 2 aliphatic rings. The molecule has 4 rings (SSSR count). The molecule has 0 spiro atoms. The number of nitrogens with zero attached hydrogens (tertiary/aromatic N) is 3. The predicted molar refractivity (Wildman–Crippen MR) is 110 cm³/mol. The van der Waals surface area contributed by atoms with Crippen molar-refractivity contribution >= 4 is 11.8 Å². The molecular formula is C22H26N4O3. The molecular weight excluding hydrogens is 368 g/mol. The highest BCUT2D eigenvalue weighted by atomic mass is 16.2. The van der Waals surface area contributed by atoms with Crippen molar-refractivity contribution in [1.82, 2.24) is 19.8 Å². The SMILES string of the molecule is CCCNC(=O)c1ccc(-c2cc3n(c(=O)c2)C[C@H]2C[C@@H]3CN(C(C)=O)C2)nc1. The van der Waals surface area contributed by atoms with Gasteiger partial charge in [-0.05, 0) is 37.0 Å². The summed E-state index contributed by atoms with van der Waals surface area (Å²) < 4.78 is 1.85. The van der Waals surface area contributed by atoms with E-state index >= 15 is 0 Å². The molecule has 4 heterocycles. The summed E-state index contributed by atoms with van der Waals surface area (Å²) in [5, 5.41) is 2.83. The molecule has 29 heavy (non-hydrogen) atoms. The molecule has 0 radical (unpaired) electrons. The Morgan fingerprint density at radius 3 is 2.72 bits per heavy atom. The number of fused-ring (bicyclic) bond motifs is 4. The maximum absolute atomic E-state index is 12.8. The van der Waals surface area contributed by atoms with Crippen LogP contribution in [-0.2, 0) is 11.3 Å². The molecule has 2 aliphatic heterocycles. The molecule has 152 valence electrons. The lowest BCUT2D eigenvalue weighted by Crippen LogP contribution is -2.48. The molecule has 2 bridgehead atoms. The fourth-order valence-corrected chi connectivity index (χ4v) is 4.40. The standard InChI is InChI=1S/C22H26N4O3/c1-3-6-23-22(29)16-4-5-19(24-10-16)17-8-20-18-7-15(11-25(13-18)14(2)27)12-26(20)21(28)9-17/h4-5,8-10,15,18H,3,6-7,11-13H2,1-2H3,(H,23,29)/t15-,18+/m0/s1. The number of carbonyl (C=O) groups excluding carboxylic acids is 2. The van der Waals surface area contributed by atoms with E-state index in [1.807, 2.05) is 22.5 Å². The second kappa shape index (κ2) is 7.81. The second-order valence-corrected chi connectivity index (χ2v) is 8.03. The maximum Gasteiger partial charge on any atom is 0.252 e. The number of carbonyl (C=O) groups is 2. The van der Waals surface area contributed by atoms with Gasteiger partial charge in [0, 0.05) is 62.5 Å². The summed E-state index contributed by atoms with van der Waals surface area (Å²) in [4.78, 5) is 43.0. The van der Waals surface area contributed by atoms with Crippen molar-refractivity contribution in [1.29, 1.82) is 0 Å². The normalized spacial score (nSPS) is 20.1. The fraction of sp³-hybridized carbons (Fsp3) is 0.455. The van der Waals surface area contributed by atoms with E-state index in [4.69, 9.17) is 0 Å². The fourth-order valence-electron chi connectivity index (χ4n) is 4.40. The zero-order valence-electron chi connectivity index (χ0n) is 16.9. The van der Waals surface area contributed by atoms with E-state index in [2.05, 4.69) is 10.3 Å². The van der Waals surface area contributed by atoms with Gasteiger partial charge in [-0.2, -0.15) is 0 Å². The van der Waals surface area contributed by atoms with Gasteiger partial charge in [-0.3, -0.25) is 19.4 Å². The highest BCUT2D eigenvalue weighted by Gasteiger charge is 2.35. The molecule has 7 nitrogen and oxygen atoms in total.